The standard InChI is InChI=1S/C17H35NO/c1-6-12-18-16(17(5,7-2)19-8-3)15-11-9-10-14(4)13-15/h14-16,18H,6-13H2,1-5H3. The van der Waals surface area contributed by atoms with Crippen molar-refractivity contribution in [2.45, 2.75) is 84.8 Å². The van der Waals surface area contributed by atoms with Crippen molar-refractivity contribution in [1.82, 2.24) is 5.32 Å². The lowest BCUT2D eigenvalue weighted by Gasteiger charge is -2.44. The van der Waals surface area contributed by atoms with E-state index in [0.717, 1.165) is 31.4 Å². The van der Waals surface area contributed by atoms with Crippen molar-refractivity contribution in [2.75, 3.05) is 13.2 Å². The fourth-order valence-corrected chi connectivity index (χ4v) is 3.71. The van der Waals surface area contributed by atoms with Crippen molar-refractivity contribution in [3.8, 4) is 0 Å². The van der Waals surface area contributed by atoms with Crippen LogP contribution >= 0.6 is 0 Å². The van der Waals surface area contributed by atoms with Crippen molar-refractivity contribution in [2.24, 2.45) is 11.8 Å². The maximum Gasteiger partial charge on any atom is 0.0806 e. The van der Waals surface area contributed by atoms with E-state index >= 15 is 0 Å². The predicted molar refractivity (Wildman–Crippen MR) is 83.5 cm³/mol. The first kappa shape index (κ1) is 17.0. The second-order valence-electron chi connectivity index (χ2n) is 6.56. The van der Waals surface area contributed by atoms with E-state index in [0.29, 0.717) is 6.04 Å². The molecule has 0 bridgehead atoms. The van der Waals surface area contributed by atoms with Crippen LogP contribution < -0.4 is 5.32 Å². The Bertz CT molecular complexity index is 243. The molecule has 0 radical (unpaired) electrons. The second-order valence-corrected chi connectivity index (χ2v) is 6.56. The highest BCUT2D eigenvalue weighted by atomic mass is 16.5. The average molecular weight is 269 g/mol. The predicted octanol–water partition coefficient (Wildman–Crippen LogP) is 4.39. The van der Waals surface area contributed by atoms with E-state index in [9.17, 15) is 0 Å². The molecule has 0 aromatic carbocycles. The third-order valence-corrected chi connectivity index (χ3v) is 4.90. The molecule has 0 spiro atoms. The van der Waals surface area contributed by atoms with Gasteiger partial charge in [0.2, 0.25) is 0 Å². The smallest absolute Gasteiger partial charge is 0.0806 e. The van der Waals surface area contributed by atoms with Gasteiger partial charge in [0.15, 0.2) is 0 Å². The molecule has 2 nitrogen and oxygen atoms in total. The van der Waals surface area contributed by atoms with Gasteiger partial charge in [-0.15, -0.1) is 0 Å². The van der Waals surface area contributed by atoms with Gasteiger partial charge in [-0.1, -0.05) is 33.6 Å². The van der Waals surface area contributed by atoms with Gasteiger partial charge >= 0.3 is 0 Å². The molecule has 0 aromatic heterocycles. The summed E-state index contributed by atoms with van der Waals surface area (Å²) < 4.78 is 6.16. The third kappa shape index (κ3) is 4.75. The highest BCUT2D eigenvalue weighted by Gasteiger charge is 2.39. The lowest BCUT2D eigenvalue weighted by atomic mass is 9.73. The molecule has 4 unspecified atom stereocenters. The van der Waals surface area contributed by atoms with Crippen molar-refractivity contribution < 1.29 is 4.74 Å². The van der Waals surface area contributed by atoms with Crippen LogP contribution in [0, 0.1) is 11.8 Å². The highest BCUT2D eigenvalue weighted by molar-refractivity contribution is 4.95. The number of hydrogen-bond acceptors (Lipinski definition) is 2. The van der Waals surface area contributed by atoms with Gasteiger partial charge in [-0.25, -0.2) is 0 Å². The van der Waals surface area contributed by atoms with Crippen molar-refractivity contribution in [3.63, 3.8) is 0 Å². The summed E-state index contributed by atoms with van der Waals surface area (Å²) in [7, 11) is 0. The first-order valence-electron chi connectivity index (χ1n) is 8.44. The normalized spacial score (nSPS) is 28.9. The summed E-state index contributed by atoms with van der Waals surface area (Å²) in [6, 6.07) is 0.514. The highest BCUT2D eigenvalue weighted by Crippen LogP contribution is 2.36. The van der Waals surface area contributed by atoms with Crippen LogP contribution in [0.1, 0.15) is 73.1 Å². The minimum atomic E-state index is -0.00829. The Balaban J connectivity index is 2.78. The Morgan fingerprint density at radius 3 is 2.53 bits per heavy atom. The summed E-state index contributed by atoms with van der Waals surface area (Å²) in [5, 5.41) is 3.81. The summed E-state index contributed by atoms with van der Waals surface area (Å²) in [5.41, 5.74) is -0.00829. The minimum Gasteiger partial charge on any atom is -0.374 e. The molecule has 1 saturated carbocycles. The molecule has 1 aliphatic rings. The lowest BCUT2D eigenvalue weighted by molar-refractivity contribution is -0.0748. The van der Waals surface area contributed by atoms with Gasteiger partial charge in [0.05, 0.1) is 5.60 Å². The van der Waals surface area contributed by atoms with Gasteiger partial charge in [0, 0.05) is 12.6 Å². The first-order valence-corrected chi connectivity index (χ1v) is 8.44. The molecule has 1 N–H and O–H groups in total. The lowest BCUT2D eigenvalue weighted by Crippen LogP contribution is -2.55. The number of nitrogens with one attached hydrogen (secondary N) is 1. The Morgan fingerprint density at radius 2 is 2.00 bits per heavy atom. The fourth-order valence-electron chi connectivity index (χ4n) is 3.71. The van der Waals surface area contributed by atoms with E-state index in [-0.39, 0.29) is 5.60 Å². The summed E-state index contributed by atoms with van der Waals surface area (Å²) in [5.74, 6) is 1.67. The summed E-state index contributed by atoms with van der Waals surface area (Å²) in [6.45, 7) is 13.3. The van der Waals surface area contributed by atoms with Crippen LogP contribution in [0.15, 0.2) is 0 Å². The van der Waals surface area contributed by atoms with E-state index in [2.05, 4.69) is 39.9 Å². The summed E-state index contributed by atoms with van der Waals surface area (Å²) in [4.78, 5) is 0. The Hall–Kier alpha value is -0.0800. The molecule has 1 rings (SSSR count). The zero-order valence-corrected chi connectivity index (χ0v) is 13.8. The minimum absolute atomic E-state index is 0.00829. The molecule has 0 aromatic rings. The fraction of sp³-hybridized carbons (Fsp3) is 1.00. The van der Waals surface area contributed by atoms with E-state index in [1.165, 1.54) is 32.1 Å². The summed E-state index contributed by atoms with van der Waals surface area (Å²) in [6.07, 6.45) is 7.83. The van der Waals surface area contributed by atoms with Crippen LogP contribution in [0.2, 0.25) is 0 Å². The van der Waals surface area contributed by atoms with Crippen LogP contribution in [0.4, 0.5) is 0 Å². The second kappa shape index (κ2) is 8.26. The molecule has 1 fully saturated rings. The molecule has 0 saturated heterocycles. The molecule has 19 heavy (non-hydrogen) atoms. The van der Waals surface area contributed by atoms with Gasteiger partial charge in [0.1, 0.15) is 0 Å². The van der Waals surface area contributed by atoms with Crippen LogP contribution in [0.5, 0.6) is 0 Å². The molecule has 1 aliphatic carbocycles. The number of hydrogen-bond donors (Lipinski definition) is 1. The van der Waals surface area contributed by atoms with Gasteiger partial charge in [-0.2, -0.15) is 0 Å². The number of ether oxygens (including phenoxy) is 1. The maximum atomic E-state index is 6.16. The monoisotopic (exact) mass is 269 g/mol. The van der Waals surface area contributed by atoms with E-state index in [1.807, 2.05) is 0 Å². The zero-order valence-electron chi connectivity index (χ0n) is 13.8. The van der Waals surface area contributed by atoms with Gasteiger partial charge < -0.3 is 10.1 Å². The third-order valence-electron chi connectivity index (χ3n) is 4.90. The van der Waals surface area contributed by atoms with Gasteiger partial charge in [-0.05, 0) is 57.9 Å². The van der Waals surface area contributed by atoms with E-state index in [1.54, 1.807) is 0 Å². The van der Waals surface area contributed by atoms with Gasteiger partial charge in [-0.3, -0.25) is 0 Å². The molecule has 0 heterocycles. The molecule has 0 amide bonds. The van der Waals surface area contributed by atoms with E-state index < -0.39 is 0 Å². The van der Waals surface area contributed by atoms with Crippen LogP contribution in [0.25, 0.3) is 0 Å². The van der Waals surface area contributed by atoms with Crippen LogP contribution in [-0.2, 0) is 4.74 Å². The van der Waals surface area contributed by atoms with Crippen molar-refractivity contribution in [1.29, 1.82) is 0 Å². The Kier molecular flexibility index (Phi) is 7.38. The molecule has 4 atom stereocenters. The molecule has 114 valence electrons. The van der Waals surface area contributed by atoms with Crippen LogP contribution in [0.3, 0.4) is 0 Å². The molecular formula is C17H35NO. The topological polar surface area (TPSA) is 21.3 Å². The van der Waals surface area contributed by atoms with Gasteiger partial charge in [0.25, 0.3) is 0 Å². The molecule has 2 heteroatoms. The Labute approximate surface area is 120 Å². The van der Waals surface area contributed by atoms with Crippen molar-refractivity contribution in [3.05, 3.63) is 0 Å². The quantitative estimate of drug-likeness (QED) is 0.706. The SMILES string of the molecule is CCCNC(C1CCCC(C)C1)C(C)(CC)OCC. The zero-order chi connectivity index (χ0) is 14.3. The molecule has 0 aliphatic heterocycles. The largest absolute Gasteiger partial charge is 0.374 e. The average Bonchev–Trinajstić information content (AvgIpc) is 2.39. The molecular weight excluding hydrogens is 234 g/mol. The van der Waals surface area contributed by atoms with Crippen LogP contribution in [-0.4, -0.2) is 24.8 Å². The Morgan fingerprint density at radius 1 is 1.26 bits per heavy atom. The number of rotatable bonds is 8. The van der Waals surface area contributed by atoms with Crippen molar-refractivity contribution >= 4 is 0 Å². The van der Waals surface area contributed by atoms with E-state index in [4.69, 9.17) is 4.74 Å². The summed E-state index contributed by atoms with van der Waals surface area (Å²) >= 11 is 0. The first-order chi connectivity index (χ1) is 9.07. The maximum absolute atomic E-state index is 6.16.